The summed E-state index contributed by atoms with van der Waals surface area (Å²) in [7, 11) is 0. The molecule has 0 radical (unpaired) electrons. The monoisotopic (exact) mass is 449 g/mol. The topological polar surface area (TPSA) is 86.3 Å². The zero-order chi connectivity index (χ0) is 23.4. The second-order valence-electron chi connectivity index (χ2n) is 8.83. The molecular formula is C26H23N7O. The van der Waals surface area contributed by atoms with Crippen LogP contribution in [0.5, 0.6) is 0 Å². The van der Waals surface area contributed by atoms with Crippen molar-refractivity contribution in [1.82, 2.24) is 19.3 Å². The molecule has 0 aliphatic carbocycles. The van der Waals surface area contributed by atoms with Gasteiger partial charge in [0.15, 0.2) is 11.5 Å². The van der Waals surface area contributed by atoms with Gasteiger partial charge in [0.1, 0.15) is 5.82 Å². The van der Waals surface area contributed by atoms with Gasteiger partial charge in [0.2, 0.25) is 5.91 Å². The molecular weight excluding hydrogens is 426 g/mol. The normalized spacial score (nSPS) is 16.6. The standard InChI is InChI=1S/C26H23N7O/c1-16-29-30-25-24-12-19(17-3-5-21(28-2)6-4-17)14-31(24)15-20-11-22(7-8-23(20)33(16)25)32-10-9-18(13-27)26(32)34/h3-8,11-12,14,18H,9-10,13,15,27H2,1H3. The van der Waals surface area contributed by atoms with Gasteiger partial charge in [-0.1, -0.05) is 24.3 Å². The minimum absolute atomic E-state index is 0.0987. The fourth-order valence-electron chi connectivity index (χ4n) is 5.01. The second-order valence-corrected chi connectivity index (χ2v) is 8.83. The number of carbonyl (C=O) groups is 1. The van der Waals surface area contributed by atoms with E-state index in [4.69, 9.17) is 12.3 Å². The van der Waals surface area contributed by atoms with Crippen molar-refractivity contribution in [1.29, 1.82) is 0 Å². The summed E-state index contributed by atoms with van der Waals surface area (Å²) in [6.07, 6.45) is 2.91. The lowest BCUT2D eigenvalue weighted by Gasteiger charge is -2.19. The number of aromatic nitrogens is 4. The van der Waals surface area contributed by atoms with E-state index in [9.17, 15) is 4.79 Å². The Balaban J connectivity index is 1.46. The van der Waals surface area contributed by atoms with Gasteiger partial charge in [-0.25, -0.2) is 4.85 Å². The Bertz CT molecular complexity index is 1470. The molecule has 2 N–H and O–H groups in total. The van der Waals surface area contributed by atoms with Crippen LogP contribution < -0.4 is 10.6 Å². The molecule has 168 valence electrons. The van der Waals surface area contributed by atoms with Gasteiger partial charge >= 0.3 is 0 Å². The predicted molar refractivity (Wildman–Crippen MR) is 130 cm³/mol. The maximum atomic E-state index is 12.8. The van der Waals surface area contributed by atoms with E-state index in [1.54, 1.807) is 0 Å². The summed E-state index contributed by atoms with van der Waals surface area (Å²) >= 11 is 0. The Hall–Kier alpha value is -4.22. The lowest BCUT2D eigenvalue weighted by atomic mass is 10.1. The summed E-state index contributed by atoms with van der Waals surface area (Å²) in [4.78, 5) is 18.1. The molecule has 2 aromatic heterocycles. The number of nitrogens with two attached hydrogens (primary N) is 1. The van der Waals surface area contributed by atoms with Crippen LogP contribution in [0.2, 0.25) is 0 Å². The van der Waals surface area contributed by atoms with Gasteiger partial charge in [0.05, 0.1) is 23.9 Å². The van der Waals surface area contributed by atoms with Gasteiger partial charge < -0.3 is 15.2 Å². The van der Waals surface area contributed by atoms with Crippen molar-refractivity contribution in [2.45, 2.75) is 19.9 Å². The first kappa shape index (κ1) is 20.4. The number of hydrogen-bond donors (Lipinski definition) is 1. The molecule has 6 rings (SSSR count). The van der Waals surface area contributed by atoms with Gasteiger partial charge in [-0.2, -0.15) is 0 Å². The van der Waals surface area contributed by atoms with E-state index in [0.29, 0.717) is 25.3 Å². The van der Waals surface area contributed by atoms with Gasteiger partial charge in [-0.05, 0) is 48.7 Å². The van der Waals surface area contributed by atoms with E-state index < -0.39 is 0 Å². The Morgan fingerprint density at radius 1 is 1.12 bits per heavy atom. The number of rotatable bonds is 3. The number of fused-ring (bicyclic) bond motifs is 5. The molecule has 4 heterocycles. The largest absolute Gasteiger partial charge is 0.340 e. The van der Waals surface area contributed by atoms with Crippen LogP contribution in [-0.2, 0) is 11.3 Å². The van der Waals surface area contributed by atoms with Crippen molar-refractivity contribution in [2.75, 3.05) is 18.0 Å². The highest BCUT2D eigenvalue weighted by atomic mass is 16.2. The van der Waals surface area contributed by atoms with E-state index >= 15 is 0 Å². The zero-order valence-corrected chi connectivity index (χ0v) is 18.8. The molecule has 2 aliphatic heterocycles. The van der Waals surface area contributed by atoms with E-state index in [2.05, 4.69) is 48.6 Å². The predicted octanol–water partition coefficient (Wildman–Crippen LogP) is 3.94. The second kappa shape index (κ2) is 7.68. The number of aryl methyl sites for hydroxylation is 1. The van der Waals surface area contributed by atoms with Crippen molar-refractivity contribution in [3.63, 3.8) is 0 Å². The first-order valence-corrected chi connectivity index (χ1v) is 11.3. The molecule has 1 saturated heterocycles. The van der Waals surface area contributed by atoms with E-state index in [1.165, 1.54) is 0 Å². The Labute approximate surface area is 197 Å². The maximum absolute atomic E-state index is 12.8. The molecule has 0 saturated carbocycles. The molecule has 0 spiro atoms. The van der Waals surface area contributed by atoms with Crippen molar-refractivity contribution in [3.05, 3.63) is 77.5 Å². The smallest absolute Gasteiger partial charge is 0.231 e. The molecule has 34 heavy (non-hydrogen) atoms. The average molecular weight is 450 g/mol. The molecule has 4 aromatic rings. The van der Waals surface area contributed by atoms with Crippen LogP contribution in [0.15, 0.2) is 54.7 Å². The molecule has 2 aromatic carbocycles. The highest BCUT2D eigenvalue weighted by Crippen LogP contribution is 2.36. The Kier molecular flexibility index (Phi) is 4.61. The fourth-order valence-corrected chi connectivity index (χ4v) is 5.01. The first-order valence-electron chi connectivity index (χ1n) is 11.3. The number of carbonyl (C=O) groups excluding carboxylic acids is 1. The molecule has 8 nitrogen and oxygen atoms in total. The van der Waals surface area contributed by atoms with E-state index in [0.717, 1.165) is 51.8 Å². The Morgan fingerprint density at radius 3 is 2.68 bits per heavy atom. The van der Waals surface area contributed by atoms with Crippen molar-refractivity contribution >= 4 is 17.3 Å². The molecule has 1 atom stereocenters. The number of hydrogen-bond acceptors (Lipinski definition) is 4. The summed E-state index contributed by atoms with van der Waals surface area (Å²) in [6.45, 7) is 10.9. The van der Waals surface area contributed by atoms with E-state index in [-0.39, 0.29) is 11.8 Å². The maximum Gasteiger partial charge on any atom is 0.231 e. The molecule has 0 bridgehead atoms. The van der Waals surface area contributed by atoms with Gasteiger partial charge in [-0.3, -0.25) is 9.36 Å². The summed E-state index contributed by atoms with van der Waals surface area (Å²) in [5.74, 6) is 1.60. The minimum atomic E-state index is -0.0987. The highest BCUT2D eigenvalue weighted by molar-refractivity contribution is 5.97. The van der Waals surface area contributed by atoms with Crippen LogP contribution in [0.4, 0.5) is 11.4 Å². The van der Waals surface area contributed by atoms with Crippen LogP contribution in [0.25, 0.3) is 33.2 Å². The highest BCUT2D eigenvalue weighted by Gasteiger charge is 2.32. The molecule has 8 heteroatoms. The van der Waals surface area contributed by atoms with Crippen LogP contribution in [0.1, 0.15) is 17.8 Å². The van der Waals surface area contributed by atoms with Gasteiger partial charge in [-0.15, -0.1) is 10.2 Å². The van der Waals surface area contributed by atoms with Crippen LogP contribution in [0.3, 0.4) is 0 Å². The number of amides is 1. The molecule has 1 amide bonds. The summed E-state index contributed by atoms with van der Waals surface area (Å²) < 4.78 is 4.26. The van der Waals surface area contributed by atoms with Crippen molar-refractivity contribution < 1.29 is 4.79 Å². The quantitative estimate of drug-likeness (QED) is 0.423. The molecule has 2 aliphatic rings. The summed E-state index contributed by atoms with van der Waals surface area (Å²) in [5, 5.41) is 8.86. The summed E-state index contributed by atoms with van der Waals surface area (Å²) in [5.41, 5.74) is 12.5. The zero-order valence-electron chi connectivity index (χ0n) is 18.8. The van der Waals surface area contributed by atoms with Crippen LogP contribution >= 0.6 is 0 Å². The van der Waals surface area contributed by atoms with Crippen LogP contribution in [-0.4, -0.2) is 38.3 Å². The fraction of sp³-hybridized carbons (Fsp3) is 0.231. The minimum Gasteiger partial charge on any atom is -0.340 e. The third-order valence-electron chi connectivity index (χ3n) is 6.84. The number of benzene rings is 2. The van der Waals surface area contributed by atoms with Crippen LogP contribution in [0, 0.1) is 19.4 Å². The average Bonchev–Trinajstić information content (AvgIpc) is 3.54. The van der Waals surface area contributed by atoms with E-state index in [1.807, 2.05) is 42.2 Å². The van der Waals surface area contributed by atoms with Crippen molar-refractivity contribution in [3.8, 4) is 28.3 Å². The summed E-state index contributed by atoms with van der Waals surface area (Å²) in [6, 6.07) is 15.9. The number of nitrogens with zero attached hydrogens (tertiary/aromatic N) is 6. The van der Waals surface area contributed by atoms with Gasteiger partial charge in [0.25, 0.3) is 0 Å². The van der Waals surface area contributed by atoms with Crippen molar-refractivity contribution in [2.24, 2.45) is 11.7 Å². The third-order valence-corrected chi connectivity index (χ3v) is 6.84. The first-order chi connectivity index (χ1) is 16.6. The number of anilines is 1. The lowest BCUT2D eigenvalue weighted by molar-refractivity contribution is -0.120. The molecule has 1 unspecified atom stereocenters. The van der Waals surface area contributed by atoms with Gasteiger partial charge in [0, 0.05) is 37.1 Å². The Morgan fingerprint density at radius 2 is 1.94 bits per heavy atom. The molecule has 1 fully saturated rings. The third kappa shape index (κ3) is 3.05. The lowest BCUT2D eigenvalue weighted by Crippen LogP contribution is -2.30. The SMILES string of the molecule is [C-]#[N+]c1ccc(-c2cc3n(c2)Cc2cc(N4CCC(CN)C4=O)ccc2-n2c(C)nnc2-3)cc1.